The average Bonchev–Trinajstić information content (AvgIpc) is 2.99. The lowest BCUT2D eigenvalue weighted by molar-refractivity contribution is 0.265. The van der Waals surface area contributed by atoms with Crippen molar-refractivity contribution in [3.63, 3.8) is 0 Å². The predicted octanol–water partition coefficient (Wildman–Crippen LogP) is 2.56. The smallest absolute Gasteiger partial charge is 0.128 e. The quantitative estimate of drug-likeness (QED) is 0.802. The number of fused-ring (bicyclic) bond motifs is 1. The van der Waals surface area contributed by atoms with Crippen molar-refractivity contribution in [2.24, 2.45) is 0 Å². The Morgan fingerprint density at radius 1 is 1.44 bits per heavy atom. The molecule has 1 aromatic carbocycles. The molecule has 2 aromatic rings. The van der Waals surface area contributed by atoms with E-state index in [-0.39, 0.29) is 0 Å². The van der Waals surface area contributed by atoms with E-state index in [2.05, 4.69) is 31.0 Å². The zero-order valence-corrected chi connectivity index (χ0v) is 9.54. The van der Waals surface area contributed by atoms with Crippen LogP contribution in [0.15, 0.2) is 18.2 Å². The number of rotatable bonds is 3. The number of benzene rings is 1. The van der Waals surface area contributed by atoms with Crippen LogP contribution in [0.2, 0.25) is 0 Å². The Hall–Kier alpha value is -1.48. The van der Waals surface area contributed by atoms with E-state index in [9.17, 15) is 0 Å². The highest BCUT2D eigenvalue weighted by Crippen LogP contribution is 2.29. The summed E-state index contributed by atoms with van der Waals surface area (Å²) in [6.07, 6.45) is 0.302. The summed E-state index contributed by atoms with van der Waals surface area (Å²) in [6.45, 7) is 5.66. The van der Waals surface area contributed by atoms with Crippen molar-refractivity contribution in [3.05, 3.63) is 29.5 Å². The number of aryl methyl sites for hydroxylation is 2. The van der Waals surface area contributed by atoms with Gasteiger partial charge in [-0.3, -0.25) is 0 Å². The molecule has 1 aliphatic heterocycles. The second-order valence-corrected chi connectivity index (χ2v) is 4.39. The van der Waals surface area contributed by atoms with Crippen molar-refractivity contribution < 1.29 is 9.47 Å². The number of hydrogen-bond acceptors (Lipinski definition) is 2. The summed E-state index contributed by atoms with van der Waals surface area (Å²) in [6, 6.07) is 6.25. The highest BCUT2D eigenvalue weighted by molar-refractivity contribution is 5.89. The maximum Gasteiger partial charge on any atom is 0.128 e. The number of nitrogens with one attached hydrogen (secondary N) is 1. The molecule has 3 heteroatoms. The minimum absolute atomic E-state index is 0.302. The van der Waals surface area contributed by atoms with Gasteiger partial charge in [0, 0.05) is 11.1 Å². The molecule has 3 rings (SSSR count). The zero-order valence-electron chi connectivity index (χ0n) is 9.54. The third-order valence-electron chi connectivity index (χ3n) is 2.92. The van der Waals surface area contributed by atoms with Gasteiger partial charge >= 0.3 is 0 Å². The summed E-state index contributed by atoms with van der Waals surface area (Å²) >= 11 is 0. The summed E-state index contributed by atoms with van der Waals surface area (Å²) in [5.74, 6) is 0.945. The first-order chi connectivity index (χ1) is 7.74. The van der Waals surface area contributed by atoms with E-state index in [1.165, 1.54) is 11.1 Å². The Morgan fingerprint density at radius 3 is 3.00 bits per heavy atom. The maximum atomic E-state index is 5.77. The van der Waals surface area contributed by atoms with Crippen LogP contribution in [0, 0.1) is 13.8 Å². The van der Waals surface area contributed by atoms with E-state index in [0.717, 1.165) is 23.4 Å². The molecule has 1 unspecified atom stereocenters. The second kappa shape index (κ2) is 3.52. The summed E-state index contributed by atoms with van der Waals surface area (Å²) in [7, 11) is 0. The third-order valence-corrected chi connectivity index (χ3v) is 2.92. The average molecular weight is 217 g/mol. The molecule has 0 saturated carbocycles. The zero-order chi connectivity index (χ0) is 11.1. The molecule has 2 heterocycles. The highest BCUT2D eigenvalue weighted by atomic mass is 16.6. The normalized spacial score (nSPS) is 19.0. The Balaban J connectivity index is 1.98. The van der Waals surface area contributed by atoms with Gasteiger partial charge in [0.1, 0.15) is 18.5 Å². The molecule has 0 amide bonds. The molecule has 1 saturated heterocycles. The van der Waals surface area contributed by atoms with Crippen LogP contribution in [-0.2, 0) is 4.74 Å². The number of ether oxygens (including phenoxy) is 2. The molecular formula is C13H15NO2. The van der Waals surface area contributed by atoms with Gasteiger partial charge in [-0.05, 0) is 31.5 Å². The summed E-state index contributed by atoms with van der Waals surface area (Å²) in [5.41, 5.74) is 3.58. The minimum Gasteiger partial charge on any atom is -0.490 e. The van der Waals surface area contributed by atoms with E-state index in [4.69, 9.17) is 9.47 Å². The highest BCUT2D eigenvalue weighted by Gasteiger charge is 2.23. The molecule has 3 nitrogen and oxygen atoms in total. The Labute approximate surface area is 94.4 Å². The fourth-order valence-electron chi connectivity index (χ4n) is 1.94. The number of aromatic nitrogens is 1. The van der Waals surface area contributed by atoms with Crippen molar-refractivity contribution in [1.29, 1.82) is 0 Å². The minimum atomic E-state index is 0.302. The molecular weight excluding hydrogens is 202 g/mol. The maximum absolute atomic E-state index is 5.77. The van der Waals surface area contributed by atoms with Crippen LogP contribution in [0.3, 0.4) is 0 Å². The first kappa shape index (κ1) is 9.73. The standard InChI is InChI=1S/C13H15NO2/c1-8-3-4-12(16-7-10-6-15-10)11-5-9(2)14-13(8)11/h3-5,10,14H,6-7H2,1-2H3. The second-order valence-electron chi connectivity index (χ2n) is 4.39. The predicted molar refractivity (Wildman–Crippen MR) is 63.0 cm³/mol. The van der Waals surface area contributed by atoms with Crippen LogP contribution in [0.5, 0.6) is 5.75 Å². The van der Waals surface area contributed by atoms with E-state index in [1.54, 1.807) is 0 Å². The number of H-pyrrole nitrogens is 1. The fourth-order valence-corrected chi connectivity index (χ4v) is 1.94. The Morgan fingerprint density at radius 2 is 2.25 bits per heavy atom. The van der Waals surface area contributed by atoms with Gasteiger partial charge < -0.3 is 14.5 Å². The SMILES string of the molecule is Cc1cc2c(OCC3CO3)ccc(C)c2[nH]1. The van der Waals surface area contributed by atoms with Gasteiger partial charge in [0.2, 0.25) is 0 Å². The summed E-state index contributed by atoms with van der Waals surface area (Å²) < 4.78 is 10.9. The molecule has 1 fully saturated rings. The monoisotopic (exact) mass is 217 g/mol. The molecule has 1 atom stereocenters. The van der Waals surface area contributed by atoms with Gasteiger partial charge in [0.25, 0.3) is 0 Å². The third kappa shape index (κ3) is 1.67. The van der Waals surface area contributed by atoms with Crippen molar-refractivity contribution in [1.82, 2.24) is 4.98 Å². The van der Waals surface area contributed by atoms with E-state index < -0.39 is 0 Å². The van der Waals surface area contributed by atoms with E-state index in [0.29, 0.717) is 12.7 Å². The van der Waals surface area contributed by atoms with Crippen LogP contribution in [-0.4, -0.2) is 24.3 Å². The van der Waals surface area contributed by atoms with Crippen LogP contribution >= 0.6 is 0 Å². The lowest BCUT2D eigenvalue weighted by Crippen LogP contribution is -2.04. The van der Waals surface area contributed by atoms with Crippen molar-refractivity contribution in [2.75, 3.05) is 13.2 Å². The Kier molecular flexibility index (Phi) is 2.14. The first-order valence-corrected chi connectivity index (χ1v) is 5.57. The fraction of sp³-hybridized carbons (Fsp3) is 0.385. The molecule has 1 N–H and O–H groups in total. The topological polar surface area (TPSA) is 37.5 Å². The summed E-state index contributed by atoms with van der Waals surface area (Å²) in [4.78, 5) is 3.36. The number of epoxide rings is 1. The number of hydrogen-bond donors (Lipinski definition) is 1. The molecule has 0 bridgehead atoms. The summed E-state index contributed by atoms with van der Waals surface area (Å²) in [5, 5.41) is 1.16. The van der Waals surface area contributed by atoms with Crippen molar-refractivity contribution in [3.8, 4) is 5.75 Å². The molecule has 0 aliphatic carbocycles. The number of aromatic amines is 1. The van der Waals surface area contributed by atoms with E-state index in [1.807, 2.05) is 6.07 Å². The van der Waals surface area contributed by atoms with Gasteiger partial charge in [-0.1, -0.05) is 6.07 Å². The lowest BCUT2D eigenvalue weighted by atomic mass is 10.1. The van der Waals surface area contributed by atoms with Gasteiger partial charge in [0.15, 0.2) is 0 Å². The van der Waals surface area contributed by atoms with Crippen LogP contribution < -0.4 is 4.74 Å². The molecule has 0 spiro atoms. The lowest BCUT2D eigenvalue weighted by Gasteiger charge is -2.06. The van der Waals surface area contributed by atoms with Gasteiger partial charge in [-0.2, -0.15) is 0 Å². The largest absolute Gasteiger partial charge is 0.490 e. The van der Waals surface area contributed by atoms with Gasteiger partial charge in [-0.25, -0.2) is 0 Å². The molecule has 16 heavy (non-hydrogen) atoms. The van der Waals surface area contributed by atoms with E-state index >= 15 is 0 Å². The van der Waals surface area contributed by atoms with Crippen molar-refractivity contribution >= 4 is 10.9 Å². The molecule has 84 valence electrons. The first-order valence-electron chi connectivity index (χ1n) is 5.57. The molecule has 1 aliphatic rings. The molecule has 0 radical (unpaired) electrons. The van der Waals surface area contributed by atoms with Crippen LogP contribution in [0.25, 0.3) is 10.9 Å². The van der Waals surface area contributed by atoms with Crippen molar-refractivity contribution in [2.45, 2.75) is 20.0 Å². The van der Waals surface area contributed by atoms with Gasteiger partial charge in [0.05, 0.1) is 12.1 Å². The van der Waals surface area contributed by atoms with Crippen LogP contribution in [0.1, 0.15) is 11.3 Å². The molecule has 1 aromatic heterocycles. The van der Waals surface area contributed by atoms with Gasteiger partial charge in [-0.15, -0.1) is 0 Å². The van der Waals surface area contributed by atoms with Crippen LogP contribution in [0.4, 0.5) is 0 Å². The Bertz CT molecular complexity index is 526.